The Bertz CT molecular complexity index is 4450. The van der Waals surface area contributed by atoms with E-state index in [1.807, 2.05) is 0 Å². The minimum absolute atomic E-state index is 0. The fraction of sp³-hybridized carbons (Fsp3) is 0.519. The van der Waals surface area contributed by atoms with Gasteiger partial charge in [-0.05, 0) is 253 Å². The van der Waals surface area contributed by atoms with Crippen LogP contribution in [-0.2, 0) is 58.8 Å². The number of fused-ring (bicyclic) bond motifs is 4. The van der Waals surface area contributed by atoms with E-state index in [9.17, 15) is 0 Å². The molecule has 0 spiro atoms. The second kappa shape index (κ2) is 32.0. The number of allylic oxidation sites excluding steroid dienone is 10. The quantitative estimate of drug-likeness (QED) is 0.105. The molecule has 0 N–H and O–H groups in total. The molecule has 6 aromatic carbocycles. The van der Waals surface area contributed by atoms with Crippen LogP contribution in [0.25, 0.3) is 45.6 Å². The summed E-state index contributed by atoms with van der Waals surface area (Å²) in [5.41, 5.74) is 38.7. The molecule has 6 aliphatic carbocycles. The molecule has 0 bridgehead atoms. The van der Waals surface area contributed by atoms with Crippen LogP contribution in [0.5, 0.6) is 0 Å². The average Bonchev–Trinajstić information content (AvgIpc) is 1.58. The van der Waals surface area contributed by atoms with E-state index in [-0.39, 0.29) is 58.2 Å². The molecule has 2 fully saturated rings. The summed E-state index contributed by atoms with van der Waals surface area (Å²) in [6.07, 6.45) is 18.1. The Balaban J connectivity index is 0.000000260. The Morgan fingerprint density at radius 1 is 0.413 bits per heavy atom. The van der Waals surface area contributed by atoms with E-state index in [0.29, 0.717) is 34.8 Å². The van der Waals surface area contributed by atoms with Crippen LogP contribution >= 0.6 is 17.0 Å². The van der Waals surface area contributed by atoms with Gasteiger partial charge in [0.2, 0.25) is 0 Å². The summed E-state index contributed by atoms with van der Waals surface area (Å²) in [7, 11) is 5.99. The molecule has 6 aromatic rings. The summed E-state index contributed by atoms with van der Waals surface area (Å²) < 4.78 is 0. The Kier molecular flexibility index (Phi) is 26.5. The summed E-state index contributed by atoms with van der Waals surface area (Å²) in [5, 5.41) is 0. The normalized spacial score (nSPS) is 22.9. The molecule has 588 valence electrons. The van der Waals surface area contributed by atoms with Crippen LogP contribution in [0.1, 0.15) is 303 Å². The second-order valence-electron chi connectivity index (χ2n) is 43.8. The zero-order chi connectivity index (χ0) is 79.7. The molecule has 6 aliphatic rings. The maximum absolute atomic E-state index is 4.93. The van der Waals surface area contributed by atoms with Crippen molar-refractivity contribution in [3.05, 3.63) is 249 Å². The van der Waals surface area contributed by atoms with Crippen molar-refractivity contribution in [2.75, 3.05) is 0 Å². The molecule has 2 saturated carbocycles. The van der Waals surface area contributed by atoms with Gasteiger partial charge in [-0.1, -0.05) is 363 Å². The van der Waals surface area contributed by atoms with Gasteiger partial charge in [0.05, 0.1) is 16.1 Å². The first kappa shape index (κ1) is 90.2. The first-order valence-electron chi connectivity index (χ1n) is 41.0. The minimum atomic E-state index is -2.07. The SMILES string of the molecule is CC1=C(c2cc(C(C)(C)C)cc(C(C)(C)C)c2)C2CC(C)C([Si](C)(C)C3C(C)CC4C(c5ccc(C(C)(C)C)cc5)=CC=CC43)C2C=C1C(C)(C)C.CC1=Cc2c(-c3ccc(C(C)(C)C)cc3)cccc2C1[Si](C)(C)C1C(C)=Cc2c1cc(C(C)(C)C)c(C)c2-c1cc(C(C)(C)C)cc(C(C)(C)C)c1.[CH3-].[CH3-].[Cl][Zr+2][Cl]. The van der Waals surface area contributed by atoms with E-state index >= 15 is 0 Å². The van der Waals surface area contributed by atoms with E-state index in [1.54, 1.807) is 27.9 Å². The van der Waals surface area contributed by atoms with Gasteiger partial charge >= 0.3 is 37.9 Å². The molecule has 0 aliphatic heterocycles. The van der Waals surface area contributed by atoms with Crippen molar-refractivity contribution < 1.29 is 20.8 Å². The molecule has 10 unspecified atom stereocenters. The van der Waals surface area contributed by atoms with E-state index in [0.717, 1.165) is 22.9 Å². The summed E-state index contributed by atoms with van der Waals surface area (Å²) >= 11 is -0.826. The van der Waals surface area contributed by atoms with Gasteiger partial charge in [-0.2, -0.15) is 0 Å². The van der Waals surface area contributed by atoms with Crippen LogP contribution in [0.15, 0.2) is 156 Å². The third kappa shape index (κ3) is 18.0. The van der Waals surface area contributed by atoms with E-state index in [1.165, 1.54) is 119 Å². The third-order valence-corrected chi connectivity index (χ3v) is 36.6. The molecule has 12 rings (SSSR count). The molecular weight excluding hydrogens is 1470 g/mol. The summed E-state index contributed by atoms with van der Waals surface area (Å²) in [6, 6.07) is 43.9. The molecule has 5 heteroatoms. The zero-order valence-electron chi connectivity index (χ0n) is 75.3. The first-order valence-corrected chi connectivity index (χ1v) is 53.7. The Labute approximate surface area is 690 Å². The van der Waals surface area contributed by atoms with Crippen LogP contribution in [0, 0.1) is 62.7 Å². The van der Waals surface area contributed by atoms with Gasteiger partial charge in [0.1, 0.15) is 0 Å². The molecule has 10 atom stereocenters. The fourth-order valence-electron chi connectivity index (χ4n) is 21.6. The summed E-state index contributed by atoms with van der Waals surface area (Å²) in [6.45, 7) is 83.0. The second-order valence-corrected chi connectivity index (χ2v) is 57.3. The van der Waals surface area contributed by atoms with Crippen LogP contribution < -0.4 is 0 Å². The molecular formula is C104H146Cl2Si2Zr. The molecule has 0 aromatic heterocycles. The van der Waals surface area contributed by atoms with Gasteiger partial charge in [-0.3, -0.25) is 0 Å². The molecule has 0 radical (unpaired) electrons. The van der Waals surface area contributed by atoms with Crippen LogP contribution in [-0.4, -0.2) is 16.1 Å². The van der Waals surface area contributed by atoms with Gasteiger partial charge in [0, 0.05) is 11.1 Å². The van der Waals surface area contributed by atoms with Crippen molar-refractivity contribution in [1.29, 1.82) is 0 Å². The third-order valence-electron chi connectivity index (χ3n) is 26.8. The van der Waals surface area contributed by atoms with Crippen molar-refractivity contribution in [3.63, 3.8) is 0 Å². The molecule has 0 heterocycles. The monoisotopic (exact) mass is 1610 g/mol. The number of rotatable bonds is 8. The first-order chi connectivity index (χ1) is 49.0. The number of halogens is 2. The Morgan fingerprint density at radius 3 is 1.27 bits per heavy atom. The standard InChI is InChI=1S/C51H74Si.C51H66Si.2CH3.2ClH.Zr/c2*1-31-25-41-39(34-21-23-36(24-22-34)48(4,5)6)19-18-20-40(41)46(31)52(16,17)47-32(2)26-42-43(47)30-44(51(13,14)15)33(3)45(42)35-27-37(49(7,8)9)29-38(28-35)50(10,11)12;;;;;/h18-24,27-32,40-43,46-47H,25-26H2,1-17H3;18-30,46-47H,1-17H3;2*1H3;2*1H;/q;;2*-1;;;+4/p-2. The van der Waals surface area contributed by atoms with Crippen LogP contribution in [0.3, 0.4) is 0 Å². The summed E-state index contributed by atoms with van der Waals surface area (Å²) in [5.74, 6) is 3.94. The zero-order valence-corrected chi connectivity index (χ0v) is 81.3. The molecule has 0 amide bonds. The van der Waals surface area contributed by atoms with Gasteiger partial charge in [0.25, 0.3) is 0 Å². The topological polar surface area (TPSA) is 0 Å². The predicted octanol–water partition coefficient (Wildman–Crippen LogP) is 32.3. The van der Waals surface area contributed by atoms with E-state index < -0.39 is 37.0 Å². The average molecular weight is 1610 g/mol. The number of benzene rings is 6. The predicted molar refractivity (Wildman–Crippen MR) is 491 cm³/mol. The van der Waals surface area contributed by atoms with Gasteiger partial charge in [-0.15, -0.1) is 0 Å². The van der Waals surface area contributed by atoms with Crippen molar-refractivity contribution in [2.45, 2.75) is 307 Å². The van der Waals surface area contributed by atoms with Crippen molar-refractivity contribution in [1.82, 2.24) is 0 Å². The van der Waals surface area contributed by atoms with Crippen molar-refractivity contribution in [3.8, 4) is 22.3 Å². The van der Waals surface area contributed by atoms with Gasteiger partial charge in [-0.25, -0.2) is 0 Å². The molecule has 0 saturated heterocycles. The Hall–Kier alpha value is -4.34. The van der Waals surface area contributed by atoms with Crippen LogP contribution in [0.2, 0.25) is 37.3 Å². The molecule has 109 heavy (non-hydrogen) atoms. The van der Waals surface area contributed by atoms with Gasteiger partial charge < -0.3 is 14.9 Å². The summed E-state index contributed by atoms with van der Waals surface area (Å²) in [4.78, 5) is 0. The van der Waals surface area contributed by atoms with Gasteiger partial charge in [0.15, 0.2) is 0 Å². The fourth-order valence-corrected chi connectivity index (χ4v) is 32.9. The van der Waals surface area contributed by atoms with E-state index in [2.05, 4.69) is 380 Å². The van der Waals surface area contributed by atoms with Crippen LogP contribution in [0.4, 0.5) is 0 Å². The number of hydrogen-bond acceptors (Lipinski definition) is 0. The number of hydrogen-bond donors (Lipinski definition) is 0. The molecule has 0 nitrogen and oxygen atoms in total. The Morgan fingerprint density at radius 2 is 0.826 bits per heavy atom. The maximum atomic E-state index is 4.93. The van der Waals surface area contributed by atoms with Crippen molar-refractivity contribution in [2.24, 2.45) is 40.9 Å². The van der Waals surface area contributed by atoms with E-state index in [4.69, 9.17) is 17.0 Å². The van der Waals surface area contributed by atoms with Crippen molar-refractivity contribution >= 4 is 56.5 Å².